The van der Waals surface area contributed by atoms with Crippen molar-refractivity contribution >= 4 is 0 Å². The Morgan fingerprint density at radius 1 is 1.50 bits per heavy atom. The molecule has 3 heteroatoms. The molecule has 0 bridgehead atoms. The minimum absolute atomic E-state index is 0.0488. The quantitative estimate of drug-likeness (QED) is 0.691. The van der Waals surface area contributed by atoms with E-state index in [1.807, 2.05) is 24.0 Å². The van der Waals surface area contributed by atoms with E-state index in [2.05, 4.69) is 25.9 Å². The molecule has 0 radical (unpaired) electrons. The average molecular weight is 167 g/mol. The minimum Gasteiger partial charge on any atom is -0.324 e. The Balaban J connectivity index is 2.92. The zero-order chi connectivity index (χ0) is 9.35. The molecule has 1 aromatic heterocycles. The molecule has 0 spiro atoms. The van der Waals surface area contributed by atoms with Gasteiger partial charge in [0.05, 0.1) is 11.7 Å². The summed E-state index contributed by atoms with van der Waals surface area (Å²) in [5, 5.41) is 4.25. The highest BCUT2D eigenvalue weighted by Crippen LogP contribution is 2.15. The van der Waals surface area contributed by atoms with Crippen molar-refractivity contribution in [1.29, 1.82) is 0 Å². The molecular formula is C9H17N3. The highest BCUT2D eigenvalue weighted by atomic mass is 15.3. The number of hydrogen-bond acceptors (Lipinski definition) is 2. The van der Waals surface area contributed by atoms with Crippen molar-refractivity contribution < 1.29 is 0 Å². The first-order valence-corrected chi connectivity index (χ1v) is 4.22. The first-order chi connectivity index (χ1) is 5.41. The fraction of sp³-hybridized carbons (Fsp3) is 0.667. The third kappa shape index (κ3) is 1.85. The maximum Gasteiger partial charge on any atom is 0.0543 e. The van der Waals surface area contributed by atoms with Crippen LogP contribution in [0.1, 0.15) is 39.3 Å². The highest BCUT2D eigenvalue weighted by Gasteiger charge is 2.14. The summed E-state index contributed by atoms with van der Waals surface area (Å²) in [5.41, 5.74) is 6.85. The van der Waals surface area contributed by atoms with Crippen molar-refractivity contribution in [2.45, 2.75) is 39.3 Å². The summed E-state index contributed by atoms with van der Waals surface area (Å²) in [5.74, 6) is 0. The SMILES string of the molecule is C[C@H](N)c1cnn(C(C)(C)C)c1. The summed E-state index contributed by atoms with van der Waals surface area (Å²) in [4.78, 5) is 0. The van der Waals surface area contributed by atoms with E-state index >= 15 is 0 Å². The van der Waals surface area contributed by atoms with Crippen LogP contribution < -0.4 is 5.73 Å². The van der Waals surface area contributed by atoms with Gasteiger partial charge in [-0.2, -0.15) is 5.10 Å². The largest absolute Gasteiger partial charge is 0.324 e. The van der Waals surface area contributed by atoms with Gasteiger partial charge in [-0.15, -0.1) is 0 Å². The lowest BCUT2D eigenvalue weighted by atomic mass is 10.1. The molecule has 68 valence electrons. The van der Waals surface area contributed by atoms with E-state index < -0.39 is 0 Å². The van der Waals surface area contributed by atoms with Gasteiger partial charge < -0.3 is 5.73 Å². The molecule has 1 atom stereocenters. The van der Waals surface area contributed by atoms with Crippen LogP contribution in [-0.4, -0.2) is 9.78 Å². The molecule has 0 aliphatic rings. The maximum absolute atomic E-state index is 5.72. The van der Waals surface area contributed by atoms with Crippen molar-refractivity contribution in [2.75, 3.05) is 0 Å². The van der Waals surface area contributed by atoms with E-state index in [4.69, 9.17) is 5.73 Å². The number of hydrogen-bond donors (Lipinski definition) is 1. The van der Waals surface area contributed by atoms with Gasteiger partial charge in [0, 0.05) is 17.8 Å². The van der Waals surface area contributed by atoms with Gasteiger partial charge in [-0.1, -0.05) is 0 Å². The molecule has 0 amide bonds. The van der Waals surface area contributed by atoms with E-state index in [1.54, 1.807) is 0 Å². The van der Waals surface area contributed by atoms with Crippen LogP contribution in [0.15, 0.2) is 12.4 Å². The van der Waals surface area contributed by atoms with Gasteiger partial charge in [0.1, 0.15) is 0 Å². The second kappa shape index (κ2) is 2.90. The average Bonchev–Trinajstić information content (AvgIpc) is 2.30. The lowest BCUT2D eigenvalue weighted by molar-refractivity contribution is 0.355. The van der Waals surface area contributed by atoms with E-state index in [0.717, 1.165) is 5.56 Å². The predicted molar refractivity (Wildman–Crippen MR) is 49.8 cm³/mol. The molecule has 0 fully saturated rings. The first-order valence-electron chi connectivity index (χ1n) is 4.22. The summed E-state index contributed by atoms with van der Waals surface area (Å²) >= 11 is 0. The molecule has 2 N–H and O–H groups in total. The third-order valence-electron chi connectivity index (χ3n) is 1.82. The fourth-order valence-electron chi connectivity index (χ4n) is 0.939. The first kappa shape index (κ1) is 9.26. The van der Waals surface area contributed by atoms with E-state index in [0.29, 0.717) is 0 Å². The Morgan fingerprint density at radius 3 is 2.33 bits per heavy atom. The molecule has 0 saturated heterocycles. The smallest absolute Gasteiger partial charge is 0.0543 e. The summed E-state index contributed by atoms with van der Waals surface area (Å²) in [6.07, 6.45) is 3.83. The van der Waals surface area contributed by atoms with E-state index in [9.17, 15) is 0 Å². The molecule has 1 rings (SSSR count). The standard InChI is InChI=1S/C9H17N3/c1-7(10)8-5-11-12(6-8)9(2,3)4/h5-7H,10H2,1-4H3/t7-/m0/s1. The number of nitrogens with zero attached hydrogens (tertiary/aromatic N) is 2. The topological polar surface area (TPSA) is 43.8 Å². The Hall–Kier alpha value is -0.830. The molecule has 0 aromatic carbocycles. The second-order valence-electron chi connectivity index (χ2n) is 4.18. The summed E-state index contributed by atoms with van der Waals surface area (Å²) < 4.78 is 1.94. The van der Waals surface area contributed by atoms with Crippen molar-refractivity contribution in [3.8, 4) is 0 Å². The predicted octanol–water partition coefficient (Wildman–Crippen LogP) is 1.66. The molecule has 0 aliphatic carbocycles. The van der Waals surface area contributed by atoms with Crippen LogP contribution >= 0.6 is 0 Å². The Bertz CT molecular complexity index is 255. The van der Waals surface area contributed by atoms with Crippen LogP contribution in [0, 0.1) is 0 Å². The summed E-state index contributed by atoms with van der Waals surface area (Å²) in [7, 11) is 0. The van der Waals surface area contributed by atoms with Gasteiger partial charge in [0.2, 0.25) is 0 Å². The number of aromatic nitrogens is 2. The van der Waals surface area contributed by atoms with Crippen molar-refractivity contribution in [3.63, 3.8) is 0 Å². The van der Waals surface area contributed by atoms with Gasteiger partial charge in [-0.05, 0) is 27.7 Å². The van der Waals surface area contributed by atoms with Crippen LogP contribution in [0.25, 0.3) is 0 Å². The molecule has 0 unspecified atom stereocenters. The van der Waals surface area contributed by atoms with Crippen molar-refractivity contribution in [3.05, 3.63) is 18.0 Å². The zero-order valence-electron chi connectivity index (χ0n) is 8.20. The molecule has 0 saturated carbocycles. The zero-order valence-corrected chi connectivity index (χ0v) is 8.20. The molecule has 1 heterocycles. The summed E-state index contributed by atoms with van der Waals surface area (Å²) in [6, 6.07) is 0.0705. The van der Waals surface area contributed by atoms with Crippen LogP contribution in [-0.2, 0) is 5.54 Å². The lowest BCUT2D eigenvalue weighted by Gasteiger charge is -2.18. The normalized spacial score (nSPS) is 14.8. The third-order valence-corrected chi connectivity index (χ3v) is 1.82. The van der Waals surface area contributed by atoms with Crippen LogP contribution in [0.5, 0.6) is 0 Å². The second-order valence-corrected chi connectivity index (χ2v) is 4.18. The fourth-order valence-corrected chi connectivity index (χ4v) is 0.939. The maximum atomic E-state index is 5.72. The van der Waals surface area contributed by atoms with Gasteiger partial charge in [0.25, 0.3) is 0 Å². The van der Waals surface area contributed by atoms with Gasteiger partial charge in [-0.25, -0.2) is 0 Å². The molecular weight excluding hydrogens is 150 g/mol. The van der Waals surface area contributed by atoms with Crippen molar-refractivity contribution in [2.24, 2.45) is 5.73 Å². The van der Waals surface area contributed by atoms with Gasteiger partial charge in [0.15, 0.2) is 0 Å². The van der Waals surface area contributed by atoms with Crippen molar-refractivity contribution in [1.82, 2.24) is 9.78 Å². The van der Waals surface area contributed by atoms with Crippen LogP contribution in [0.2, 0.25) is 0 Å². The Kier molecular flexibility index (Phi) is 2.24. The molecule has 1 aromatic rings. The van der Waals surface area contributed by atoms with E-state index in [1.165, 1.54) is 0 Å². The van der Waals surface area contributed by atoms with Gasteiger partial charge in [-0.3, -0.25) is 4.68 Å². The molecule has 12 heavy (non-hydrogen) atoms. The lowest BCUT2D eigenvalue weighted by Crippen LogP contribution is -2.22. The van der Waals surface area contributed by atoms with E-state index in [-0.39, 0.29) is 11.6 Å². The Morgan fingerprint density at radius 2 is 2.08 bits per heavy atom. The number of nitrogens with two attached hydrogens (primary N) is 1. The molecule has 0 aliphatic heterocycles. The Labute approximate surface area is 73.6 Å². The summed E-state index contributed by atoms with van der Waals surface area (Å²) in [6.45, 7) is 8.31. The monoisotopic (exact) mass is 167 g/mol. The van der Waals surface area contributed by atoms with Gasteiger partial charge >= 0.3 is 0 Å². The van der Waals surface area contributed by atoms with Crippen LogP contribution in [0.4, 0.5) is 0 Å². The van der Waals surface area contributed by atoms with Crippen LogP contribution in [0.3, 0.4) is 0 Å². The number of rotatable bonds is 1. The molecule has 3 nitrogen and oxygen atoms in total. The highest BCUT2D eigenvalue weighted by molar-refractivity contribution is 5.09. The minimum atomic E-state index is 0.0488.